The van der Waals surface area contributed by atoms with E-state index in [9.17, 15) is 4.79 Å². The molecule has 126 valence electrons. The van der Waals surface area contributed by atoms with Gasteiger partial charge < -0.3 is 15.0 Å². The van der Waals surface area contributed by atoms with Crippen molar-refractivity contribution in [1.29, 1.82) is 0 Å². The molecule has 0 aromatic rings. The Morgan fingerprint density at radius 3 is 2.68 bits per heavy atom. The topological polar surface area (TPSA) is 44.8 Å². The van der Waals surface area contributed by atoms with Crippen LogP contribution in [0.2, 0.25) is 0 Å². The lowest BCUT2D eigenvalue weighted by atomic mass is 10.0. The second-order valence-electron chi connectivity index (χ2n) is 7.00. The van der Waals surface area contributed by atoms with Gasteiger partial charge in [-0.25, -0.2) is 0 Å². The van der Waals surface area contributed by atoms with E-state index in [1.807, 2.05) is 0 Å². The molecule has 1 amide bonds. The van der Waals surface area contributed by atoms with Gasteiger partial charge in [-0.05, 0) is 51.6 Å². The summed E-state index contributed by atoms with van der Waals surface area (Å²) >= 11 is 0. The molecule has 3 heterocycles. The summed E-state index contributed by atoms with van der Waals surface area (Å²) in [5.74, 6) is 0.264. The van der Waals surface area contributed by atoms with Crippen LogP contribution in [0.1, 0.15) is 44.9 Å². The van der Waals surface area contributed by atoms with Crippen LogP contribution in [-0.4, -0.2) is 73.7 Å². The number of piperidine rings is 2. The highest BCUT2D eigenvalue weighted by Gasteiger charge is 2.28. The van der Waals surface area contributed by atoms with Gasteiger partial charge in [0, 0.05) is 32.3 Å². The molecule has 0 spiro atoms. The maximum atomic E-state index is 12.4. The van der Waals surface area contributed by atoms with E-state index in [-0.39, 0.29) is 5.91 Å². The zero-order valence-corrected chi connectivity index (χ0v) is 13.8. The van der Waals surface area contributed by atoms with E-state index < -0.39 is 0 Å². The molecular weight excluding hydrogens is 278 g/mol. The molecule has 0 aromatic carbocycles. The number of hydrogen-bond acceptors (Lipinski definition) is 4. The number of carbonyl (C=O) groups excluding carboxylic acids is 1. The van der Waals surface area contributed by atoms with Crippen molar-refractivity contribution < 1.29 is 9.53 Å². The van der Waals surface area contributed by atoms with E-state index in [1.54, 1.807) is 0 Å². The number of likely N-dealkylation sites (tertiary alicyclic amines) is 2. The molecule has 0 unspecified atom stereocenters. The van der Waals surface area contributed by atoms with Crippen molar-refractivity contribution in [3.05, 3.63) is 0 Å². The van der Waals surface area contributed by atoms with Crippen molar-refractivity contribution in [2.45, 2.75) is 57.1 Å². The molecule has 3 aliphatic rings. The van der Waals surface area contributed by atoms with E-state index in [2.05, 4.69) is 15.1 Å². The molecule has 3 saturated heterocycles. The highest BCUT2D eigenvalue weighted by molar-refractivity contribution is 5.78. The Morgan fingerprint density at radius 1 is 1.05 bits per heavy atom. The summed E-state index contributed by atoms with van der Waals surface area (Å²) in [6, 6.07) is 0.594. The number of amides is 1. The van der Waals surface area contributed by atoms with E-state index in [0.29, 0.717) is 18.7 Å². The van der Waals surface area contributed by atoms with Crippen molar-refractivity contribution in [3.8, 4) is 0 Å². The number of hydrogen-bond donors (Lipinski definition) is 1. The molecule has 5 heteroatoms. The Morgan fingerprint density at radius 2 is 1.91 bits per heavy atom. The van der Waals surface area contributed by atoms with Crippen LogP contribution in [0.3, 0.4) is 0 Å². The van der Waals surface area contributed by atoms with Crippen molar-refractivity contribution in [2.24, 2.45) is 0 Å². The highest BCUT2D eigenvalue weighted by atomic mass is 16.5. The van der Waals surface area contributed by atoms with Gasteiger partial charge in [0.2, 0.25) is 5.91 Å². The van der Waals surface area contributed by atoms with Gasteiger partial charge in [-0.15, -0.1) is 0 Å². The van der Waals surface area contributed by atoms with Gasteiger partial charge in [0.25, 0.3) is 0 Å². The fourth-order valence-corrected chi connectivity index (χ4v) is 4.02. The first kappa shape index (κ1) is 16.2. The molecule has 0 bridgehead atoms. The van der Waals surface area contributed by atoms with Crippen LogP contribution >= 0.6 is 0 Å². The molecule has 5 nitrogen and oxygen atoms in total. The quantitative estimate of drug-likeness (QED) is 0.830. The summed E-state index contributed by atoms with van der Waals surface area (Å²) in [7, 11) is 0. The molecule has 0 saturated carbocycles. The van der Waals surface area contributed by atoms with E-state index in [1.165, 1.54) is 38.8 Å². The van der Waals surface area contributed by atoms with Crippen LogP contribution in [0, 0.1) is 0 Å². The molecule has 0 radical (unpaired) electrons. The molecule has 3 rings (SSSR count). The van der Waals surface area contributed by atoms with E-state index >= 15 is 0 Å². The molecule has 3 aliphatic heterocycles. The third-order valence-corrected chi connectivity index (χ3v) is 5.33. The van der Waals surface area contributed by atoms with Gasteiger partial charge in [0.15, 0.2) is 0 Å². The standard InChI is InChI=1S/C17H31N3O2/c21-17(13-18-12-16-7-5-11-22-16)20-10-4-6-15(14-20)19-8-2-1-3-9-19/h15-16,18H,1-14H2/t15-,16+/m0/s1. The fraction of sp³-hybridized carbons (Fsp3) is 0.941. The lowest BCUT2D eigenvalue weighted by Gasteiger charge is -2.41. The second-order valence-corrected chi connectivity index (χ2v) is 7.00. The Hall–Kier alpha value is -0.650. The molecular formula is C17H31N3O2. The highest BCUT2D eigenvalue weighted by Crippen LogP contribution is 2.20. The molecule has 0 aromatic heterocycles. The normalized spacial score (nSPS) is 30.6. The Balaban J connectivity index is 1.39. The number of nitrogens with one attached hydrogen (secondary N) is 1. The molecule has 2 atom stereocenters. The van der Waals surface area contributed by atoms with Crippen molar-refractivity contribution >= 4 is 5.91 Å². The van der Waals surface area contributed by atoms with E-state index in [4.69, 9.17) is 4.74 Å². The monoisotopic (exact) mass is 309 g/mol. The summed E-state index contributed by atoms with van der Waals surface area (Å²) < 4.78 is 5.58. The first-order valence-corrected chi connectivity index (χ1v) is 9.17. The average molecular weight is 309 g/mol. The summed E-state index contributed by atoms with van der Waals surface area (Å²) in [5.41, 5.74) is 0. The lowest BCUT2D eigenvalue weighted by molar-refractivity contribution is -0.132. The van der Waals surface area contributed by atoms with Gasteiger partial charge in [-0.1, -0.05) is 6.42 Å². The number of ether oxygens (including phenoxy) is 1. The van der Waals surface area contributed by atoms with Crippen LogP contribution in [0.4, 0.5) is 0 Å². The van der Waals surface area contributed by atoms with Crippen molar-refractivity contribution in [2.75, 3.05) is 45.9 Å². The summed E-state index contributed by atoms with van der Waals surface area (Å²) in [6.45, 7) is 6.48. The molecule has 3 fully saturated rings. The van der Waals surface area contributed by atoms with Crippen LogP contribution in [-0.2, 0) is 9.53 Å². The van der Waals surface area contributed by atoms with Crippen LogP contribution in [0.5, 0.6) is 0 Å². The Bertz CT molecular complexity index is 352. The smallest absolute Gasteiger partial charge is 0.236 e. The maximum Gasteiger partial charge on any atom is 0.236 e. The fourth-order valence-electron chi connectivity index (χ4n) is 4.02. The average Bonchev–Trinajstić information content (AvgIpc) is 3.09. The molecule has 22 heavy (non-hydrogen) atoms. The Kier molecular flexibility index (Phi) is 6.10. The summed E-state index contributed by atoms with van der Waals surface area (Å²) in [6.07, 6.45) is 9.03. The minimum Gasteiger partial charge on any atom is -0.377 e. The summed E-state index contributed by atoms with van der Waals surface area (Å²) in [4.78, 5) is 17.1. The minimum absolute atomic E-state index is 0.264. The van der Waals surface area contributed by atoms with Crippen LogP contribution in [0.15, 0.2) is 0 Å². The maximum absolute atomic E-state index is 12.4. The van der Waals surface area contributed by atoms with Gasteiger partial charge in [0.05, 0.1) is 12.6 Å². The summed E-state index contributed by atoms with van der Waals surface area (Å²) in [5, 5.41) is 3.29. The van der Waals surface area contributed by atoms with Crippen LogP contribution < -0.4 is 5.32 Å². The zero-order valence-electron chi connectivity index (χ0n) is 13.8. The Labute approximate surface area is 134 Å². The largest absolute Gasteiger partial charge is 0.377 e. The predicted octanol–water partition coefficient (Wildman–Crippen LogP) is 1.23. The zero-order chi connectivity index (χ0) is 15.2. The van der Waals surface area contributed by atoms with Gasteiger partial charge in [0.1, 0.15) is 0 Å². The number of nitrogens with zero attached hydrogens (tertiary/aromatic N) is 2. The van der Waals surface area contributed by atoms with E-state index in [0.717, 1.165) is 45.5 Å². The molecule has 1 N–H and O–H groups in total. The van der Waals surface area contributed by atoms with Crippen molar-refractivity contribution in [1.82, 2.24) is 15.1 Å². The lowest BCUT2D eigenvalue weighted by Crippen LogP contribution is -2.52. The SMILES string of the molecule is O=C(CNC[C@H]1CCCO1)N1CCC[C@H](N2CCCCC2)C1. The first-order valence-electron chi connectivity index (χ1n) is 9.17. The van der Waals surface area contributed by atoms with Gasteiger partial charge in [-0.3, -0.25) is 9.69 Å². The third-order valence-electron chi connectivity index (χ3n) is 5.33. The molecule has 0 aliphatic carbocycles. The third kappa shape index (κ3) is 4.43. The van der Waals surface area contributed by atoms with Crippen molar-refractivity contribution in [3.63, 3.8) is 0 Å². The van der Waals surface area contributed by atoms with Gasteiger partial charge >= 0.3 is 0 Å². The first-order chi connectivity index (χ1) is 10.8. The number of rotatable bonds is 5. The number of carbonyl (C=O) groups is 1. The van der Waals surface area contributed by atoms with Crippen LogP contribution in [0.25, 0.3) is 0 Å². The predicted molar refractivity (Wildman–Crippen MR) is 86.9 cm³/mol. The second kappa shape index (κ2) is 8.27. The minimum atomic E-state index is 0.264. The van der Waals surface area contributed by atoms with Gasteiger partial charge in [-0.2, -0.15) is 0 Å².